The zero-order chi connectivity index (χ0) is 16.4. The second-order valence-electron chi connectivity index (χ2n) is 6.57. The van der Waals surface area contributed by atoms with Crippen molar-refractivity contribution in [2.24, 2.45) is 0 Å². The summed E-state index contributed by atoms with van der Waals surface area (Å²) in [7, 11) is 0. The quantitative estimate of drug-likeness (QED) is 0.850. The smallest absolute Gasteiger partial charge is 0.237 e. The molecule has 4 heterocycles. The number of nitrogens with zero attached hydrogens (tertiary/aromatic N) is 3. The summed E-state index contributed by atoms with van der Waals surface area (Å²) < 4.78 is 5.41. The number of furan rings is 1. The van der Waals surface area contributed by atoms with E-state index in [4.69, 9.17) is 4.42 Å². The van der Waals surface area contributed by atoms with E-state index in [0.29, 0.717) is 6.54 Å². The summed E-state index contributed by atoms with van der Waals surface area (Å²) in [5.74, 6) is 1.28. The van der Waals surface area contributed by atoms with Crippen LogP contribution in [0.4, 0.5) is 0 Å². The molecule has 5 nitrogen and oxygen atoms in total. The van der Waals surface area contributed by atoms with Crippen LogP contribution in [0.2, 0.25) is 0 Å². The third-order valence-corrected chi connectivity index (χ3v) is 5.97. The first-order valence-corrected chi connectivity index (χ1v) is 9.46. The van der Waals surface area contributed by atoms with Gasteiger partial charge >= 0.3 is 0 Å². The van der Waals surface area contributed by atoms with Crippen molar-refractivity contribution in [3.8, 4) is 0 Å². The number of hydrogen-bond donors (Lipinski definition) is 0. The second-order valence-corrected chi connectivity index (χ2v) is 7.57. The lowest BCUT2D eigenvalue weighted by Gasteiger charge is -2.35. The van der Waals surface area contributed by atoms with Crippen molar-refractivity contribution >= 4 is 17.2 Å². The maximum absolute atomic E-state index is 12.6. The number of hydrogen-bond acceptors (Lipinski definition) is 5. The maximum atomic E-state index is 12.6. The second kappa shape index (κ2) is 7.09. The molecule has 0 saturated carbocycles. The van der Waals surface area contributed by atoms with E-state index in [1.54, 1.807) is 6.26 Å². The van der Waals surface area contributed by atoms with Crippen molar-refractivity contribution in [3.63, 3.8) is 0 Å². The molecule has 0 radical (unpaired) electrons. The highest BCUT2D eigenvalue weighted by Crippen LogP contribution is 2.24. The summed E-state index contributed by atoms with van der Waals surface area (Å²) in [5.41, 5.74) is 1.34. The fourth-order valence-electron chi connectivity index (χ4n) is 3.48. The first kappa shape index (κ1) is 15.9. The zero-order valence-electron chi connectivity index (χ0n) is 13.8. The van der Waals surface area contributed by atoms with Crippen LogP contribution in [0.15, 0.2) is 34.3 Å². The minimum Gasteiger partial charge on any atom is -0.468 e. The molecule has 0 aliphatic carbocycles. The predicted octanol–water partition coefficient (Wildman–Crippen LogP) is 2.04. The van der Waals surface area contributed by atoms with E-state index in [1.807, 2.05) is 28.4 Å². The fourth-order valence-corrected chi connectivity index (χ4v) is 4.37. The van der Waals surface area contributed by atoms with Gasteiger partial charge in [0.1, 0.15) is 5.76 Å². The van der Waals surface area contributed by atoms with Gasteiger partial charge in [0.05, 0.1) is 19.4 Å². The first-order chi connectivity index (χ1) is 11.8. The Balaban J connectivity index is 1.24. The largest absolute Gasteiger partial charge is 0.468 e. The van der Waals surface area contributed by atoms with E-state index >= 15 is 0 Å². The SMILES string of the molecule is O=C(CN1CCN(Cc2ccco2)CC1)N1CCc2sccc2C1. The Labute approximate surface area is 146 Å². The van der Waals surface area contributed by atoms with Crippen LogP contribution in [0.3, 0.4) is 0 Å². The molecule has 4 rings (SSSR count). The van der Waals surface area contributed by atoms with Crippen LogP contribution < -0.4 is 0 Å². The third kappa shape index (κ3) is 3.55. The molecule has 24 heavy (non-hydrogen) atoms. The highest BCUT2D eigenvalue weighted by Gasteiger charge is 2.25. The van der Waals surface area contributed by atoms with Crippen LogP contribution in [0.5, 0.6) is 0 Å². The van der Waals surface area contributed by atoms with Crippen LogP contribution in [0, 0.1) is 0 Å². The van der Waals surface area contributed by atoms with Crippen LogP contribution in [0.1, 0.15) is 16.2 Å². The van der Waals surface area contributed by atoms with Crippen molar-refractivity contribution in [3.05, 3.63) is 46.0 Å². The van der Waals surface area contributed by atoms with E-state index in [1.165, 1.54) is 10.4 Å². The lowest BCUT2D eigenvalue weighted by atomic mass is 10.1. The van der Waals surface area contributed by atoms with E-state index < -0.39 is 0 Å². The van der Waals surface area contributed by atoms with E-state index in [9.17, 15) is 4.79 Å². The van der Waals surface area contributed by atoms with E-state index in [2.05, 4.69) is 21.2 Å². The fraction of sp³-hybridized carbons (Fsp3) is 0.500. The Morgan fingerprint density at radius 2 is 1.96 bits per heavy atom. The van der Waals surface area contributed by atoms with Gasteiger partial charge < -0.3 is 9.32 Å². The van der Waals surface area contributed by atoms with Crippen LogP contribution >= 0.6 is 11.3 Å². The molecule has 0 spiro atoms. The highest BCUT2D eigenvalue weighted by molar-refractivity contribution is 7.10. The lowest BCUT2D eigenvalue weighted by Crippen LogP contribution is -2.50. The van der Waals surface area contributed by atoms with Gasteiger partial charge in [-0.15, -0.1) is 11.3 Å². The van der Waals surface area contributed by atoms with Crippen molar-refractivity contribution in [2.75, 3.05) is 39.3 Å². The van der Waals surface area contributed by atoms with Gasteiger partial charge in [-0.25, -0.2) is 0 Å². The number of rotatable bonds is 4. The maximum Gasteiger partial charge on any atom is 0.237 e. The molecule has 2 aliphatic heterocycles. The van der Waals surface area contributed by atoms with Crippen molar-refractivity contribution in [2.45, 2.75) is 19.5 Å². The molecule has 0 unspecified atom stereocenters. The number of thiophene rings is 1. The average molecular weight is 345 g/mol. The number of amides is 1. The molecule has 1 saturated heterocycles. The van der Waals surface area contributed by atoms with Crippen LogP contribution in [-0.2, 0) is 24.3 Å². The van der Waals surface area contributed by atoms with Gasteiger partial charge in [-0.1, -0.05) is 0 Å². The highest BCUT2D eigenvalue weighted by atomic mass is 32.1. The molecule has 2 aliphatic rings. The van der Waals surface area contributed by atoms with Gasteiger partial charge in [-0.3, -0.25) is 14.6 Å². The molecule has 0 bridgehead atoms. The number of carbonyl (C=O) groups is 1. The van der Waals surface area contributed by atoms with Gasteiger partial charge in [-0.2, -0.15) is 0 Å². The Hall–Kier alpha value is -1.63. The van der Waals surface area contributed by atoms with Gasteiger partial charge in [0.2, 0.25) is 5.91 Å². The van der Waals surface area contributed by atoms with Crippen LogP contribution in [0.25, 0.3) is 0 Å². The van der Waals surface area contributed by atoms with Crippen molar-refractivity contribution in [1.82, 2.24) is 14.7 Å². The minimum absolute atomic E-state index is 0.270. The average Bonchev–Trinajstić information content (AvgIpc) is 3.27. The van der Waals surface area contributed by atoms with Gasteiger partial charge in [0, 0.05) is 44.1 Å². The Morgan fingerprint density at radius 3 is 2.75 bits per heavy atom. The molecule has 2 aromatic rings. The van der Waals surface area contributed by atoms with Gasteiger partial charge in [0.15, 0.2) is 0 Å². The number of piperazine rings is 1. The third-order valence-electron chi connectivity index (χ3n) is 4.94. The summed E-state index contributed by atoms with van der Waals surface area (Å²) in [6.45, 7) is 6.94. The summed E-state index contributed by atoms with van der Waals surface area (Å²) in [5, 5.41) is 2.14. The molecule has 1 amide bonds. The standard InChI is InChI=1S/C18H23N3O2S/c22-18(21-5-3-17-15(12-21)4-11-24-17)14-20-8-6-19(7-9-20)13-16-2-1-10-23-16/h1-2,4,10-11H,3,5-9,12-14H2. The summed E-state index contributed by atoms with van der Waals surface area (Å²) in [6, 6.07) is 6.11. The molecule has 6 heteroatoms. The Bertz CT molecular complexity index is 674. The topological polar surface area (TPSA) is 39.9 Å². The van der Waals surface area contributed by atoms with Crippen molar-refractivity contribution in [1.29, 1.82) is 0 Å². The first-order valence-electron chi connectivity index (χ1n) is 8.58. The van der Waals surface area contributed by atoms with Crippen molar-refractivity contribution < 1.29 is 9.21 Å². The van der Waals surface area contributed by atoms with E-state index in [-0.39, 0.29) is 5.91 Å². The Morgan fingerprint density at radius 1 is 1.12 bits per heavy atom. The van der Waals surface area contributed by atoms with Crippen LogP contribution in [-0.4, -0.2) is 59.9 Å². The predicted molar refractivity (Wildman–Crippen MR) is 93.9 cm³/mol. The molecule has 0 atom stereocenters. The Kier molecular flexibility index (Phi) is 4.69. The summed E-state index contributed by atoms with van der Waals surface area (Å²) >= 11 is 1.81. The molecule has 128 valence electrons. The lowest BCUT2D eigenvalue weighted by molar-refractivity contribution is -0.133. The molecular formula is C18H23N3O2S. The molecule has 0 aromatic carbocycles. The molecule has 1 fully saturated rings. The molecular weight excluding hydrogens is 322 g/mol. The zero-order valence-corrected chi connectivity index (χ0v) is 14.6. The molecule has 2 aromatic heterocycles. The van der Waals surface area contributed by atoms with Gasteiger partial charge in [-0.05, 0) is 35.6 Å². The summed E-state index contributed by atoms with van der Waals surface area (Å²) in [4.78, 5) is 20.7. The number of carbonyl (C=O) groups excluding carboxylic acids is 1. The van der Waals surface area contributed by atoms with Gasteiger partial charge in [0.25, 0.3) is 0 Å². The molecule has 0 N–H and O–H groups in total. The van der Waals surface area contributed by atoms with E-state index in [0.717, 1.165) is 58.0 Å². The monoisotopic (exact) mass is 345 g/mol. The summed E-state index contributed by atoms with van der Waals surface area (Å²) in [6.07, 6.45) is 2.73. The number of fused-ring (bicyclic) bond motifs is 1. The minimum atomic E-state index is 0.270. The normalized spacial score (nSPS) is 19.4.